The van der Waals surface area contributed by atoms with Crippen LogP contribution in [0.3, 0.4) is 0 Å². The van der Waals surface area contributed by atoms with Gasteiger partial charge in [0.1, 0.15) is 30.0 Å². The third-order valence-electron chi connectivity index (χ3n) is 10.0. The van der Waals surface area contributed by atoms with Crippen molar-refractivity contribution in [3.05, 3.63) is 137 Å². The van der Waals surface area contributed by atoms with Gasteiger partial charge in [-0.3, -0.25) is 4.98 Å². The van der Waals surface area contributed by atoms with E-state index in [2.05, 4.69) is 35.5 Å². The molecule has 1 aliphatic rings. The Labute approximate surface area is 314 Å². The highest BCUT2D eigenvalue weighted by Crippen LogP contribution is 2.46. The Balaban J connectivity index is 0.984. The monoisotopic (exact) mass is 755 g/mol. The zero-order valence-corrected chi connectivity index (χ0v) is 30.2. The Kier molecular flexibility index (Phi) is 10.7. The van der Waals surface area contributed by atoms with Crippen molar-refractivity contribution in [2.24, 2.45) is 0 Å². The van der Waals surface area contributed by atoms with Crippen LogP contribution in [0.5, 0.6) is 0 Å². The van der Waals surface area contributed by atoms with Crippen LogP contribution in [-0.2, 0) is 29.4 Å². The van der Waals surface area contributed by atoms with E-state index >= 15 is 8.78 Å². The molecule has 55 heavy (non-hydrogen) atoms. The third kappa shape index (κ3) is 7.70. The minimum absolute atomic E-state index is 0.221. The Morgan fingerprint density at radius 2 is 1.55 bits per heavy atom. The topological polar surface area (TPSA) is 145 Å². The smallest absolute Gasteiger partial charge is 0.351 e. The van der Waals surface area contributed by atoms with Gasteiger partial charge in [-0.05, 0) is 71.3 Å². The lowest BCUT2D eigenvalue weighted by atomic mass is 9.85. The number of aromatic nitrogens is 9. The second kappa shape index (κ2) is 15.8. The second-order valence-corrected chi connectivity index (χ2v) is 13.4. The Morgan fingerprint density at radius 1 is 0.873 bits per heavy atom. The Hall–Kier alpha value is -5.94. The number of alkyl halides is 2. The first-order chi connectivity index (χ1) is 26.6. The number of hydrogen-bond acceptors (Lipinski definition) is 11. The average molecular weight is 756 g/mol. The van der Waals surface area contributed by atoms with Gasteiger partial charge in [0, 0.05) is 26.2 Å². The van der Waals surface area contributed by atoms with Crippen LogP contribution in [-0.4, -0.2) is 81.9 Å². The van der Waals surface area contributed by atoms with Gasteiger partial charge in [-0.1, -0.05) is 49.4 Å². The number of nitrogens with zero attached hydrogens (tertiary/aromatic N) is 11. The van der Waals surface area contributed by atoms with Crippen LogP contribution in [0.1, 0.15) is 43.1 Å². The molecule has 7 rings (SSSR count). The van der Waals surface area contributed by atoms with Gasteiger partial charge in [-0.2, -0.15) is 13.9 Å². The van der Waals surface area contributed by atoms with E-state index < -0.39 is 29.6 Å². The summed E-state index contributed by atoms with van der Waals surface area (Å²) in [5.74, 6) is -4.10. The summed E-state index contributed by atoms with van der Waals surface area (Å²) in [5.41, 5.74) is -1.48. The number of rotatable bonds is 14. The van der Waals surface area contributed by atoms with Gasteiger partial charge >= 0.3 is 11.6 Å². The molecule has 0 radical (unpaired) electrons. The van der Waals surface area contributed by atoms with E-state index in [4.69, 9.17) is 4.74 Å². The molecule has 0 spiro atoms. The zero-order chi connectivity index (χ0) is 38.6. The Bertz CT molecular complexity index is 2190. The van der Waals surface area contributed by atoms with Gasteiger partial charge in [0.25, 0.3) is 0 Å². The van der Waals surface area contributed by atoms with Crippen LogP contribution in [0.4, 0.5) is 24.5 Å². The molecule has 14 nitrogen and oxygen atoms in total. The van der Waals surface area contributed by atoms with E-state index in [-0.39, 0.29) is 23.4 Å². The standard InChI is InChI=1S/C38H40F3N11O3/c1-3-33(27(2)55-23-28-7-5-4-6-8-28)52-36(53)51(26-45-52)35-16-14-32(22-43-35)49-19-17-48(18-20-49)31-13-15-34(42-21-31)38(40,41)37(54,24-50-25-44-46-47-50)29-9-11-30(39)12-10-29/h4-16,21-22,25-27,33,54H,3,17-20,23-24H2,1-2H3/t27-,33-,37?/m0/s1. The molecule has 2 aromatic carbocycles. The molecule has 0 amide bonds. The minimum atomic E-state index is -3.91. The highest BCUT2D eigenvalue weighted by Gasteiger charge is 2.56. The van der Waals surface area contributed by atoms with Crippen molar-refractivity contribution >= 4 is 11.4 Å². The molecule has 1 fully saturated rings. The third-order valence-corrected chi connectivity index (χ3v) is 10.0. The maximum atomic E-state index is 16.2. The van der Waals surface area contributed by atoms with Crippen LogP contribution in [0.25, 0.3) is 5.82 Å². The van der Waals surface area contributed by atoms with E-state index in [0.29, 0.717) is 50.7 Å². The van der Waals surface area contributed by atoms with Gasteiger partial charge in [0.15, 0.2) is 5.60 Å². The number of benzene rings is 2. The van der Waals surface area contributed by atoms with Gasteiger partial charge in [0.2, 0.25) is 0 Å². The van der Waals surface area contributed by atoms with E-state index in [9.17, 15) is 14.3 Å². The van der Waals surface area contributed by atoms with Gasteiger partial charge in [-0.25, -0.2) is 28.1 Å². The highest BCUT2D eigenvalue weighted by atomic mass is 19.3. The lowest BCUT2D eigenvalue weighted by molar-refractivity contribution is -0.206. The summed E-state index contributed by atoms with van der Waals surface area (Å²) >= 11 is 0. The molecule has 17 heteroatoms. The molecular formula is C38H40F3N11O3. The lowest BCUT2D eigenvalue weighted by Crippen LogP contribution is -2.48. The molecule has 3 atom stereocenters. The van der Waals surface area contributed by atoms with E-state index in [1.54, 1.807) is 18.3 Å². The van der Waals surface area contributed by atoms with Crippen molar-refractivity contribution in [3.8, 4) is 5.82 Å². The first-order valence-electron chi connectivity index (χ1n) is 17.9. The van der Waals surface area contributed by atoms with Crippen molar-refractivity contribution in [2.75, 3.05) is 36.0 Å². The van der Waals surface area contributed by atoms with E-state index in [1.807, 2.05) is 55.1 Å². The molecule has 5 heterocycles. The number of anilines is 2. The number of hydrogen-bond donors (Lipinski definition) is 1. The van der Waals surface area contributed by atoms with Crippen LogP contribution in [0.15, 0.2) is 109 Å². The number of halogens is 3. The molecular weight excluding hydrogens is 715 g/mol. The fourth-order valence-corrected chi connectivity index (χ4v) is 6.80. The first-order valence-corrected chi connectivity index (χ1v) is 17.9. The summed E-state index contributed by atoms with van der Waals surface area (Å²) < 4.78 is 56.0. The summed E-state index contributed by atoms with van der Waals surface area (Å²) in [4.78, 5) is 26.3. The molecule has 0 aliphatic carbocycles. The van der Waals surface area contributed by atoms with E-state index in [0.717, 1.165) is 46.5 Å². The number of pyridine rings is 2. The molecule has 0 bridgehead atoms. The maximum absolute atomic E-state index is 16.2. The molecule has 6 aromatic rings. The highest BCUT2D eigenvalue weighted by molar-refractivity contribution is 5.51. The summed E-state index contributed by atoms with van der Waals surface area (Å²) in [5, 5.41) is 26.5. The SMILES string of the molecule is CC[C@@H]([C@H](C)OCc1ccccc1)n1ncn(-c2ccc(N3CCN(c4ccc(C(F)(F)C(O)(Cn5cnnn5)c5ccc(F)cc5)nc4)CC3)cn2)c1=O. The van der Waals surface area contributed by atoms with Gasteiger partial charge in [0.05, 0.1) is 49.1 Å². The average Bonchev–Trinajstić information content (AvgIpc) is 3.87. The normalized spacial score (nSPS) is 15.8. The number of piperazine rings is 1. The van der Waals surface area contributed by atoms with Crippen molar-refractivity contribution in [3.63, 3.8) is 0 Å². The molecule has 1 unspecified atom stereocenters. The minimum Gasteiger partial charge on any atom is -0.377 e. The zero-order valence-electron chi connectivity index (χ0n) is 30.2. The number of tetrazole rings is 1. The van der Waals surface area contributed by atoms with Crippen molar-refractivity contribution in [1.82, 2.24) is 44.5 Å². The number of aliphatic hydroxyl groups is 1. The summed E-state index contributed by atoms with van der Waals surface area (Å²) in [6.45, 7) is 6.05. The van der Waals surface area contributed by atoms with Crippen LogP contribution in [0, 0.1) is 5.82 Å². The summed E-state index contributed by atoms with van der Waals surface area (Å²) in [6.07, 6.45) is 6.05. The lowest BCUT2D eigenvalue weighted by Gasteiger charge is -2.38. The summed E-state index contributed by atoms with van der Waals surface area (Å²) in [7, 11) is 0. The van der Waals surface area contributed by atoms with Crippen LogP contribution in [0.2, 0.25) is 0 Å². The molecule has 1 saturated heterocycles. The number of ether oxygens (including phenoxy) is 1. The maximum Gasteiger partial charge on any atom is 0.351 e. The quantitative estimate of drug-likeness (QED) is 0.168. The summed E-state index contributed by atoms with van der Waals surface area (Å²) in [6, 6.07) is 20.2. The van der Waals surface area contributed by atoms with Crippen molar-refractivity contribution in [2.45, 2.75) is 57.1 Å². The first kappa shape index (κ1) is 37.4. The molecule has 0 saturated carbocycles. The van der Waals surface area contributed by atoms with Crippen molar-refractivity contribution in [1.29, 1.82) is 0 Å². The second-order valence-electron chi connectivity index (χ2n) is 13.4. The molecule has 286 valence electrons. The predicted molar refractivity (Wildman–Crippen MR) is 196 cm³/mol. The predicted octanol–water partition coefficient (Wildman–Crippen LogP) is 4.51. The van der Waals surface area contributed by atoms with E-state index in [1.165, 1.54) is 27.8 Å². The fourth-order valence-electron chi connectivity index (χ4n) is 6.80. The molecule has 1 N–H and O–H groups in total. The van der Waals surface area contributed by atoms with Crippen molar-refractivity contribution < 1.29 is 23.0 Å². The molecule has 4 aromatic heterocycles. The van der Waals surface area contributed by atoms with Gasteiger partial charge < -0.3 is 19.6 Å². The Morgan fingerprint density at radius 3 is 2.13 bits per heavy atom. The molecule has 1 aliphatic heterocycles. The van der Waals surface area contributed by atoms with Crippen LogP contribution < -0.4 is 15.5 Å². The van der Waals surface area contributed by atoms with Crippen LogP contribution >= 0.6 is 0 Å². The fraction of sp³-hybridized carbons (Fsp3) is 0.342. The largest absolute Gasteiger partial charge is 0.377 e. The van der Waals surface area contributed by atoms with Gasteiger partial charge in [-0.15, -0.1) is 5.10 Å².